The van der Waals surface area contributed by atoms with Crippen molar-refractivity contribution in [2.75, 3.05) is 0 Å². The van der Waals surface area contributed by atoms with Gasteiger partial charge < -0.3 is 4.98 Å². The van der Waals surface area contributed by atoms with E-state index in [1.54, 1.807) is 0 Å². The molecule has 1 heterocycles. The molecule has 14 heavy (non-hydrogen) atoms. The van der Waals surface area contributed by atoms with Crippen LogP contribution in [0.4, 0.5) is 0 Å². The molecule has 2 aromatic rings. The van der Waals surface area contributed by atoms with Crippen LogP contribution >= 0.6 is 0 Å². The van der Waals surface area contributed by atoms with Gasteiger partial charge in [0.2, 0.25) is 0 Å². The molecule has 0 spiro atoms. The van der Waals surface area contributed by atoms with Gasteiger partial charge in [0, 0.05) is 23.2 Å². The molecule has 1 aromatic carbocycles. The summed E-state index contributed by atoms with van der Waals surface area (Å²) in [6.07, 6.45) is 1.88. The van der Waals surface area contributed by atoms with E-state index in [-0.39, 0.29) is 11.7 Å². The monoisotopic (exact) mass is 187 g/mol. The van der Waals surface area contributed by atoms with Gasteiger partial charge in [0.15, 0.2) is 5.78 Å². The van der Waals surface area contributed by atoms with Crippen LogP contribution in [0, 0.1) is 5.92 Å². The van der Waals surface area contributed by atoms with Crippen LogP contribution in [0.25, 0.3) is 10.9 Å². The smallest absolute Gasteiger partial charge is 0.165 e. The van der Waals surface area contributed by atoms with Crippen LogP contribution in [0.1, 0.15) is 24.2 Å². The Bertz CT molecular complexity index is 468. The summed E-state index contributed by atoms with van der Waals surface area (Å²) < 4.78 is 0. The van der Waals surface area contributed by atoms with E-state index < -0.39 is 0 Å². The summed E-state index contributed by atoms with van der Waals surface area (Å²) in [6.45, 7) is 3.84. The lowest BCUT2D eigenvalue weighted by Gasteiger charge is -2.03. The number of H-pyrrole nitrogens is 1. The lowest BCUT2D eigenvalue weighted by molar-refractivity contribution is 0.0939. The average molecular weight is 187 g/mol. The van der Waals surface area contributed by atoms with E-state index in [0.717, 1.165) is 16.5 Å². The van der Waals surface area contributed by atoms with Crippen LogP contribution in [-0.2, 0) is 0 Å². The molecule has 0 saturated heterocycles. The van der Waals surface area contributed by atoms with Crippen molar-refractivity contribution in [1.29, 1.82) is 0 Å². The van der Waals surface area contributed by atoms with Crippen molar-refractivity contribution in [3.8, 4) is 0 Å². The minimum Gasteiger partial charge on any atom is -0.361 e. The second-order valence-corrected chi connectivity index (χ2v) is 3.80. The van der Waals surface area contributed by atoms with Gasteiger partial charge in [0.1, 0.15) is 0 Å². The minimum atomic E-state index is 0.0578. The van der Waals surface area contributed by atoms with E-state index in [1.165, 1.54) is 0 Å². The van der Waals surface area contributed by atoms with Crippen LogP contribution in [-0.4, -0.2) is 10.8 Å². The summed E-state index contributed by atoms with van der Waals surface area (Å²) in [5.74, 6) is 0.254. The molecule has 0 aliphatic rings. The number of Topliss-reactive ketones (excluding diaryl/α,β-unsaturated/α-hetero) is 1. The number of aromatic nitrogens is 1. The fourth-order valence-electron chi connectivity index (χ4n) is 1.53. The summed E-state index contributed by atoms with van der Waals surface area (Å²) in [7, 11) is 0. The zero-order chi connectivity index (χ0) is 10.1. The van der Waals surface area contributed by atoms with Gasteiger partial charge in [0.25, 0.3) is 0 Å². The zero-order valence-corrected chi connectivity index (χ0v) is 8.37. The summed E-state index contributed by atoms with van der Waals surface area (Å²) in [5.41, 5.74) is 1.81. The standard InChI is InChI=1S/C12H13NO/c1-8(2)12(14)10-4-3-9-5-6-13-11(9)7-10/h3-8,13H,1-2H3. The van der Waals surface area contributed by atoms with Crippen molar-refractivity contribution < 1.29 is 4.79 Å². The van der Waals surface area contributed by atoms with Crippen molar-refractivity contribution in [2.24, 2.45) is 5.92 Å². The molecule has 0 bridgehead atoms. The summed E-state index contributed by atoms with van der Waals surface area (Å²) in [5, 5.41) is 1.14. The number of carbonyl (C=O) groups is 1. The Hall–Kier alpha value is -1.57. The van der Waals surface area contributed by atoms with Gasteiger partial charge in [-0.05, 0) is 17.5 Å². The zero-order valence-electron chi connectivity index (χ0n) is 8.37. The molecule has 0 fully saturated rings. The Morgan fingerprint density at radius 1 is 1.29 bits per heavy atom. The van der Waals surface area contributed by atoms with Crippen LogP contribution < -0.4 is 0 Å². The quantitative estimate of drug-likeness (QED) is 0.720. The van der Waals surface area contributed by atoms with Gasteiger partial charge in [-0.1, -0.05) is 26.0 Å². The van der Waals surface area contributed by atoms with Gasteiger partial charge >= 0.3 is 0 Å². The summed E-state index contributed by atoms with van der Waals surface area (Å²) >= 11 is 0. The number of hydrogen-bond donors (Lipinski definition) is 1. The Balaban J connectivity index is 2.48. The second kappa shape index (κ2) is 3.29. The molecule has 72 valence electrons. The Kier molecular flexibility index (Phi) is 2.12. The molecule has 0 amide bonds. The highest BCUT2D eigenvalue weighted by molar-refractivity contribution is 6.00. The van der Waals surface area contributed by atoms with Gasteiger partial charge in [-0.25, -0.2) is 0 Å². The molecule has 0 unspecified atom stereocenters. The first kappa shape index (κ1) is 9.00. The molecule has 1 aromatic heterocycles. The maximum Gasteiger partial charge on any atom is 0.165 e. The first-order chi connectivity index (χ1) is 6.68. The average Bonchev–Trinajstić information content (AvgIpc) is 2.62. The number of aromatic amines is 1. The highest BCUT2D eigenvalue weighted by atomic mass is 16.1. The van der Waals surface area contributed by atoms with Crippen molar-refractivity contribution in [3.05, 3.63) is 36.0 Å². The van der Waals surface area contributed by atoms with Crippen molar-refractivity contribution in [3.63, 3.8) is 0 Å². The van der Waals surface area contributed by atoms with Crippen LogP contribution in [0.15, 0.2) is 30.5 Å². The molecule has 0 atom stereocenters. The summed E-state index contributed by atoms with van der Waals surface area (Å²) in [4.78, 5) is 14.8. The topological polar surface area (TPSA) is 32.9 Å². The Morgan fingerprint density at radius 3 is 2.79 bits per heavy atom. The number of carbonyl (C=O) groups excluding carboxylic acids is 1. The Labute approximate surface area is 82.9 Å². The number of fused-ring (bicyclic) bond motifs is 1. The molecule has 1 N–H and O–H groups in total. The third kappa shape index (κ3) is 1.43. The number of ketones is 1. The highest BCUT2D eigenvalue weighted by Crippen LogP contribution is 2.16. The lowest BCUT2D eigenvalue weighted by Crippen LogP contribution is -2.06. The minimum absolute atomic E-state index is 0.0578. The molecule has 0 saturated carbocycles. The van der Waals surface area contributed by atoms with Gasteiger partial charge in [-0.2, -0.15) is 0 Å². The van der Waals surface area contributed by atoms with E-state index >= 15 is 0 Å². The molecule has 0 aliphatic carbocycles. The molecule has 2 rings (SSSR count). The van der Waals surface area contributed by atoms with Crippen molar-refractivity contribution >= 4 is 16.7 Å². The van der Waals surface area contributed by atoms with E-state index in [9.17, 15) is 4.79 Å². The van der Waals surface area contributed by atoms with E-state index in [2.05, 4.69) is 4.98 Å². The molecular weight excluding hydrogens is 174 g/mol. The van der Waals surface area contributed by atoms with Gasteiger partial charge in [-0.3, -0.25) is 4.79 Å². The third-order valence-electron chi connectivity index (χ3n) is 2.36. The first-order valence-corrected chi connectivity index (χ1v) is 4.80. The van der Waals surface area contributed by atoms with Crippen LogP contribution in [0.5, 0.6) is 0 Å². The fourth-order valence-corrected chi connectivity index (χ4v) is 1.53. The predicted molar refractivity (Wildman–Crippen MR) is 57.5 cm³/mol. The number of hydrogen-bond acceptors (Lipinski definition) is 1. The van der Waals surface area contributed by atoms with E-state index in [1.807, 2.05) is 44.3 Å². The van der Waals surface area contributed by atoms with Crippen LogP contribution in [0.3, 0.4) is 0 Å². The number of benzene rings is 1. The molecule has 0 aliphatic heterocycles. The summed E-state index contributed by atoms with van der Waals surface area (Å²) in [6, 6.07) is 7.77. The number of nitrogens with one attached hydrogen (secondary N) is 1. The molecule has 2 heteroatoms. The van der Waals surface area contributed by atoms with Crippen molar-refractivity contribution in [2.45, 2.75) is 13.8 Å². The van der Waals surface area contributed by atoms with E-state index in [4.69, 9.17) is 0 Å². The van der Waals surface area contributed by atoms with Crippen LogP contribution in [0.2, 0.25) is 0 Å². The molecular formula is C12H13NO. The number of rotatable bonds is 2. The maximum atomic E-state index is 11.7. The normalized spacial score (nSPS) is 11.1. The Morgan fingerprint density at radius 2 is 2.07 bits per heavy atom. The third-order valence-corrected chi connectivity index (χ3v) is 2.36. The fraction of sp³-hybridized carbons (Fsp3) is 0.250. The largest absolute Gasteiger partial charge is 0.361 e. The van der Waals surface area contributed by atoms with Gasteiger partial charge in [-0.15, -0.1) is 0 Å². The lowest BCUT2D eigenvalue weighted by atomic mass is 10.0. The van der Waals surface area contributed by atoms with Gasteiger partial charge in [0.05, 0.1) is 0 Å². The van der Waals surface area contributed by atoms with Crippen molar-refractivity contribution in [1.82, 2.24) is 4.98 Å². The maximum absolute atomic E-state index is 11.7. The SMILES string of the molecule is CC(C)C(=O)c1ccc2cc[nH]c2c1. The van der Waals surface area contributed by atoms with E-state index in [0.29, 0.717) is 0 Å². The highest BCUT2D eigenvalue weighted by Gasteiger charge is 2.10. The second-order valence-electron chi connectivity index (χ2n) is 3.80. The first-order valence-electron chi connectivity index (χ1n) is 4.80. The molecule has 0 radical (unpaired) electrons. The predicted octanol–water partition coefficient (Wildman–Crippen LogP) is 3.01. The molecule has 2 nitrogen and oxygen atoms in total.